The van der Waals surface area contributed by atoms with E-state index in [1.54, 1.807) is 12.1 Å². The average Bonchev–Trinajstić information content (AvgIpc) is 3.52. The molecule has 4 aliphatic rings. The van der Waals surface area contributed by atoms with Crippen LogP contribution in [0.1, 0.15) is 83.5 Å². The second-order valence-corrected chi connectivity index (χ2v) is 13.1. The van der Waals surface area contributed by atoms with Crippen molar-refractivity contribution in [2.45, 2.75) is 108 Å². The molecular formula is C34H47ClO10. The smallest absolute Gasteiger partial charge is 0.312 e. The fraction of sp³-hybridized carbons (Fsp3) is 0.735. The summed E-state index contributed by atoms with van der Waals surface area (Å²) < 4.78 is 41.9. The minimum atomic E-state index is -1.02. The Morgan fingerprint density at radius 3 is 2.53 bits per heavy atom. The molecule has 0 spiro atoms. The van der Waals surface area contributed by atoms with E-state index >= 15 is 0 Å². The number of methoxy groups -OCH3 is 1. The Morgan fingerprint density at radius 1 is 1.04 bits per heavy atom. The molecule has 0 bridgehead atoms. The van der Waals surface area contributed by atoms with E-state index < -0.39 is 11.4 Å². The second kappa shape index (κ2) is 16.5. The molecule has 5 rings (SSSR count). The van der Waals surface area contributed by atoms with Crippen LogP contribution in [0.5, 0.6) is 5.75 Å². The Balaban J connectivity index is 1.35. The molecule has 0 N–H and O–H groups in total. The van der Waals surface area contributed by atoms with E-state index in [1.807, 2.05) is 12.1 Å². The highest BCUT2D eigenvalue weighted by molar-refractivity contribution is 6.30. The van der Waals surface area contributed by atoms with Crippen molar-refractivity contribution in [3.63, 3.8) is 0 Å². The van der Waals surface area contributed by atoms with Crippen LogP contribution in [0.15, 0.2) is 24.3 Å². The van der Waals surface area contributed by atoms with Gasteiger partial charge < -0.3 is 33.2 Å². The molecule has 1 aromatic rings. The second-order valence-electron chi connectivity index (χ2n) is 12.7. The number of carbonyl (C=O) groups is 3. The summed E-state index contributed by atoms with van der Waals surface area (Å²) in [7, 11) is 1.33. The lowest BCUT2D eigenvalue weighted by Crippen LogP contribution is -2.42. The Hall–Kier alpha value is -2.24. The van der Waals surface area contributed by atoms with E-state index in [-0.39, 0.29) is 74.2 Å². The highest BCUT2D eigenvalue weighted by atomic mass is 35.5. The number of benzene rings is 1. The van der Waals surface area contributed by atoms with Crippen LogP contribution in [0.4, 0.5) is 0 Å². The molecule has 2 heterocycles. The minimum Gasteiger partial charge on any atom is -0.494 e. The van der Waals surface area contributed by atoms with E-state index in [4.69, 9.17) is 44.8 Å². The van der Waals surface area contributed by atoms with Gasteiger partial charge in [-0.05, 0) is 88.3 Å². The van der Waals surface area contributed by atoms with Crippen LogP contribution in [-0.2, 0) is 42.8 Å². The molecule has 2 aliphatic carbocycles. The molecule has 7 atom stereocenters. The van der Waals surface area contributed by atoms with E-state index in [2.05, 4.69) is 0 Å². The number of ether oxygens (including phenoxy) is 7. The molecule has 2 saturated carbocycles. The first-order valence-corrected chi connectivity index (χ1v) is 16.9. The van der Waals surface area contributed by atoms with Crippen molar-refractivity contribution >= 4 is 29.3 Å². The zero-order valence-electron chi connectivity index (χ0n) is 26.3. The number of esters is 2. The SMILES string of the molecule is COC(=O)CCCOC(=O)[C@]12CC(=O)C[C@H]1C(C(CCCOc1cccc(Cl)c1)OC1CCCCO1)C(OC1CCCCO1)C2. The molecule has 2 saturated heterocycles. The lowest BCUT2D eigenvalue weighted by molar-refractivity contribution is -0.232. The van der Waals surface area contributed by atoms with Crippen molar-refractivity contribution in [1.82, 2.24) is 0 Å². The van der Waals surface area contributed by atoms with Crippen molar-refractivity contribution in [3.05, 3.63) is 29.3 Å². The van der Waals surface area contributed by atoms with E-state index in [9.17, 15) is 14.4 Å². The van der Waals surface area contributed by atoms with Crippen LogP contribution < -0.4 is 4.74 Å². The monoisotopic (exact) mass is 650 g/mol. The molecule has 0 radical (unpaired) electrons. The molecule has 5 unspecified atom stereocenters. The third-order valence-electron chi connectivity index (χ3n) is 9.58. The Labute approximate surface area is 270 Å². The summed E-state index contributed by atoms with van der Waals surface area (Å²) in [6.45, 7) is 1.80. The fourth-order valence-electron chi connectivity index (χ4n) is 7.46. The number of hydrogen-bond donors (Lipinski definition) is 0. The van der Waals surface area contributed by atoms with Crippen molar-refractivity contribution in [1.29, 1.82) is 0 Å². The molecular weight excluding hydrogens is 604 g/mol. The summed E-state index contributed by atoms with van der Waals surface area (Å²) in [6.07, 6.45) is 6.69. The highest BCUT2D eigenvalue weighted by Gasteiger charge is 2.65. The number of fused-ring (bicyclic) bond motifs is 1. The van der Waals surface area contributed by atoms with Crippen LogP contribution in [-0.4, -0.2) is 76.0 Å². The standard InChI is InChI=1S/C34H47ClO10/c1-39-29(37)12-8-18-43-33(38)34-21-24(36)20-26(34)32(28(22-34)45-31-14-3-5-16-42-31)27(44-30-13-2-4-15-41-30)11-7-17-40-25-10-6-9-23(35)19-25/h6,9-10,19,26-28,30-32H,2-5,7-8,11-18,20-22H2,1H3/t26-,27?,28?,30?,31?,32?,34-/m0/s1. The third kappa shape index (κ3) is 8.98. The number of Topliss-reactive ketones (excluding diaryl/α,β-unsaturated/α-hetero) is 1. The number of hydrogen-bond acceptors (Lipinski definition) is 10. The van der Waals surface area contributed by atoms with Crippen LogP contribution in [0.2, 0.25) is 5.02 Å². The zero-order chi connectivity index (χ0) is 31.6. The maximum Gasteiger partial charge on any atom is 0.312 e. The molecule has 10 nitrogen and oxygen atoms in total. The van der Waals surface area contributed by atoms with Crippen LogP contribution in [0.25, 0.3) is 0 Å². The van der Waals surface area contributed by atoms with E-state index in [0.29, 0.717) is 56.3 Å². The van der Waals surface area contributed by atoms with Gasteiger partial charge in [-0.2, -0.15) is 0 Å². The molecule has 4 fully saturated rings. The molecule has 0 aromatic heterocycles. The largest absolute Gasteiger partial charge is 0.494 e. The number of halogens is 1. The molecule has 2 aliphatic heterocycles. The van der Waals surface area contributed by atoms with Crippen molar-refractivity contribution in [2.75, 3.05) is 33.5 Å². The van der Waals surface area contributed by atoms with Gasteiger partial charge in [0.25, 0.3) is 0 Å². The maximum absolute atomic E-state index is 13.9. The Morgan fingerprint density at radius 2 is 1.82 bits per heavy atom. The van der Waals surface area contributed by atoms with Crippen LogP contribution >= 0.6 is 11.6 Å². The molecule has 11 heteroatoms. The lowest BCUT2D eigenvalue weighted by Gasteiger charge is -2.37. The van der Waals surface area contributed by atoms with Gasteiger partial charge in [-0.25, -0.2) is 0 Å². The van der Waals surface area contributed by atoms with Gasteiger partial charge in [-0.1, -0.05) is 17.7 Å². The topological polar surface area (TPSA) is 116 Å². The first kappa shape index (κ1) is 34.1. The first-order chi connectivity index (χ1) is 21.9. The predicted molar refractivity (Wildman–Crippen MR) is 164 cm³/mol. The van der Waals surface area contributed by atoms with E-state index in [1.165, 1.54) is 7.11 Å². The summed E-state index contributed by atoms with van der Waals surface area (Å²) in [5.41, 5.74) is -1.02. The Kier molecular flexibility index (Phi) is 12.5. The quantitative estimate of drug-likeness (QED) is 0.170. The number of carbonyl (C=O) groups excluding carboxylic acids is 3. The molecule has 1 aromatic carbocycles. The van der Waals surface area contributed by atoms with Gasteiger partial charge in [0, 0.05) is 43.4 Å². The van der Waals surface area contributed by atoms with Gasteiger partial charge in [-0.3, -0.25) is 14.4 Å². The van der Waals surface area contributed by atoms with Gasteiger partial charge >= 0.3 is 11.9 Å². The first-order valence-electron chi connectivity index (χ1n) is 16.6. The summed E-state index contributed by atoms with van der Waals surface area (Å²) in [6, 6.07) is 7.31. The van der Waals surface area contributed by atoms with Gasteiger partial charge in [0.1, 0.15) is 11.5 Å². The number of rotatable bonds is 15. The lowest BCUT2D eigenvalue weighted by atomic mass is 9.76. The van der Waals surface area contributed by atoms with Gasteiger partial charge in [-0.15, -0.1) is 0 Å². The van der Waals surface area contributed by atoms with Crippen molar-refractivity contribution in [2.24, 2.45) is 17.3 Å². The molecule has 250 valence electrons. The van der Waals surface area contributed by atoms with Crippen LogP contribution in [0, 0.1) is 17.3 Å². The van der Waals surface area contributed by atoms with E-state index in [0.717, 1.165) is 38.5 Å². The van der Waals surface area contributed by atoms with Gasteiger partial charge in [0.05, 0.1) is 37.9 Å². The summed E-state index contributed by atoms with van der Waals surface area (Å²) in [5, 5.41) is 0.610. The predicted octanol–water partition coefficient (Wildman–Crippen LogP) is 5.80. The normalized spacial score (nSPS) is 30.4. The number of ketones is 1. The fourth-order valence-corrected chi connectivity index (χ4v) is 7.64. The average molecular weight is 651 g/mol. The van der Waals surface area contributed by atoms with Crippen LogP contribution in [0.3, 0.4) is 0 Å². The third-order valence-corrected chi connectivity index (χ3v) is 9.81. The van der Waals surface area contributed by atoms with Crippen molar-refractivity contribution < 1.29 is 47.5 Å². The summed E-state index contributed by atoms with van der Waals surface area (Å²) in [5.74, 6) is -0.580. The molecule has 0 amide bonds. The highest BCUT2D eigenvalue weighted by Crippen LogP contribution is 2.59. The van der Waals surface area contributed by atoms with Crippen molar-refractivity contribution in [3.8, 4) is 5.75 Å². The zero-order valence-corrected chi connectivity index (χ0v) is 27.0. The Bertz CT molecular complexity index is 1130. The van der Waals surface area contributed by atoms with Gasteiger partial charge in [0.15, 0.2) is 12.6 Å². The van der Waals surface area contributed by atoms with Gasteiger partial charge in [0.2, 0.25) is 0 Å². The summed E-state index contributed by atoms with van der Waals surface area (Å²) >= 11 is 6.14. The minimum absolute atomic E-state index is 0.0424. The molecule has 45 heavy (non-hydrogen) atoms. The summed E-state index contributed by atoms with van der Waals surface area (Å²) in [4.78, 5) is 38.5. The maximum atomic E-state index is 13.9.